The van der Waals surface area contributed by atoms with Gasteiger partial charge < -0.3 is 25.5 Å². The van der Waals surface area contributed by atoms with Crippen LogP contribution in [0.1, 0.15) is 76.9 Å². The second-order valence-corrected chi connectivity index (χ2v) is 12.2. The molecule has 3 fully saturated rings. The first-order valence-electron chi connectivity index (χ1n) is 15.6. The molecule has 0 radical (unpaired) electrons. The maximum atomic E-state index is 13.5. The van der Waals surface area contributed by atoms with Crippen LogP contribution in [0.5, 0.6) is 0 Å². The molecule has 3 aromatic rings. The van der Waals surface area contributed by atoms with Crippen molar-refractivity contribution < 1.29 is 14.7 Å². The molecule has 1 saturated heterocycles. The van der Waals surface area contributed by atoms with Crippen molar-refractivity contribution in [1.82, 2.24) is 24.8 Å². The van der Waals surface area contributed by atoms with Crippen molar-refractivity contribution in [2.45, 2.75) is 57.1 Å². The molecular weight excluding hydrogens is 554 g/mol. The lowest BCUT2D eigenvalue weighted by atomic mass is 9.93. The number of likely N-dealkylation sites (N-methyl/N-ethyl adjacent to an activating group) is 1. The number of carbonyl (C=O) groups is 2. The van der Waals surface area contributed by atoms with E-state index in [0.29, 0.717) is 54.0 Å². The summed E-state index contributed by atoms with van der Waals surface area (Å²) in [6.45, 7) is 3.00. The van der Waals surface area contributed by atoms with Gasteiger partial charge in [0.05, 0.1) is 6.10 Å². The third-order valence-corrected chi connectivity index (χ3v) is 8.58. The average molecular weight is 594 g/mol. The minimum Gasteiger partial charge on any atom is -0.393 e. The van der Waals surface area contributed by atoms with Gasteiger partial charge in [0, 0.05) is 67.8 Å². The molecule has 10 heteroatoms. The van der Waals surface area contributed by atoms with Crippen LogP contribution in [-0.4, -0.2) is 86.9 Å². The molecule has 3 N–H and O–H groups in total. The fourth-order valence-electron chi connectivity index (χ4n) is 5.58. The highest BCUT2D eigenvalue weighted by Crippen LogP contribution is 2.33. The van der Waals surface area contributed by atoms with Crippen LogP contribution in [0.2, 0.25) is 0 Å². The highest BCUT2D eigenvalue weighted by Gasteiger charge is 2.27. The van der Waals surface area contributed by atoms with E-state index < -0.39 is 0 Å². The summed E-state index contributed by atoms with van der Waals surface area (Å²) in [5.41, 5.74) is 3.29. The SMILES string of the molecule is CN1CCN(C(=O)c2cnc(Nc3ccc(C#Cc4cc(C(=O)CC5CC5)ccn4)cc3)nc2NC2CCC(O)CC2)CC1. The molecule has 1 aromatic carbocycles. The monoisotopic (exact) mass is 593 g/mol. The maximum Gasteiger partial charge on any atom is 0.259 e. The number of Topliss-reactive ketones (excluding diaryl/α,β-unsaturated/α-hetero) is 1. The highest BCUT2D eigenvalue weighted by atomic mass is 16.3. The molecule has 2 saturated carbocycles. The van der Waals surface area contributed by atoms with Gasteiger partial charge in [-0.05, 0) is 93.8 Å². The predicted molar refractivity (Wildman–Crippen MR) is 169 cm³/mol. The van der Waals surface area contributed by atoms with E-state index in [1.165, 1.54) is 0 Å². The number of ketones is 1. The fraction of sp³-hybridized carbons (Fsp3) is 0.441. The zero-order valence-corrected chi connectivity index (χ0v) is 25.1. The van der Waals surface area contributed by atoms with Gasteiger partial charge in [-0.1, -0.05) is 5.92 Å². The number of benzene rings is 1. The number of aliphatic hydroxyl groups is 1. The first-order valence-corrected chi connectivity index (χ1v) is 15.6. The number of nitrogens with zero attached hydrogens (tertiary/aromatic N) is 5. The van der Waals surface area contributed by atoms with Crippen LogP contribution in [0, 0.1) is 17.8 Å². The van der Waals surface area contributed by atoms with E-state index in [1.54, 1.807) is 24.5 Å². The molecule has 6 rings (SSSR count). The summed E-state index contributed by atoms with van der Waals surface area (Å²) in [6, 6.07) is 11.2. The van der Waals surface area contributed by atoms with Crippen LogP contribution in [0.15, 0.2) is 48.8 Å². The molecule has 3 aliphatic rings. The highest BCUT2D eigenvalue weighted by molar-refractivity contribution is 5.99. The molecular formula is C34H39N7O3. The Labute approximate surface area is 258 Å². The Morgan fingerprint density at radius 2 is 1.70 bits per heavy atom. The minimum absolute atomic E-state index is 0.0711. The zero-order chi connectivity index (χ0) is 30.5. The largest absolute Gasteiger partial charge is 0.393 e. The number of amides is 1. The number of hydrogen-bond donors (Lipinski definition) is 3. The van der Waals surface area contributed by atoms with Gasteiger partial charge in [-0.3, -0.25) is 9.59 Å². The van der Waals surface area contributed by atoms with Crippen molar-refractivity contribution in [3.63, 3.8) is 0 Å². The summed E-state index contributed by atoms with van der Waals surface area (Å²) in [5.74, 6) is 7.72. The van der Waals surface area contributed by atoms with Crippen molar-refractivity contribution >= 4 is 29.1 Å². The number of hydrogen-bond acceptors (Lipinski definition) is 9. The minimum atomic E-state index is -0.266. The van der Waals surface area contributed by atoms with Crippen LogP contribution in [0.25, 0.3) is 0 Å². The number of anilines is 3. The van der Waals surface area contributed by atoms with E-state index >= 15 is 0 Å². The Morgan fingerprint density at radius 3 is 2.43 bits per heavy atom. The zero-order valence-electron chi connectivity index (χ0n) is 25.1. The molecule has 1 amide bonds. The van der Waals surface area contributed by atoms with Gasteiger partial charge >= 0.3 is 0 Å². The molecule has 2 aliphatic carbocycles. The Hall–Kier alpha value is -4.33. The molecule has 0 atom stereocenters. The lowest BCUT2D eigenvalue weighted by molar-refractivity contribution is 0.0664. The van der Waals surface area contributed by atoms with Crippen molar-refractivity contribution in [3.05, 3.63) is 71.2 Å². The quantitative estimate of drug-likeness (QED) is 0.262. The van der Waals surface area contributed by atoms with Crippen LogP contribution in [0.3, 0.4) is 0 Å². The second-order valence-electron chi connectivity index (χ2n) is 12.2. The van der Waals surface area contributed by atoms with Crippen LogP contribution >= 0.6 is 0 Å². The van der Waals surface area contributed by atoms with Crippen LogP contribution < -0.4 is 10.6 Å². The standard InChI is InChI=1S/C34H39N7O3/c1-40-16-18-41(19-17-40)33(44)30-22-36-34(39-32(30)37-26-10-12-29(42)13-11-26)38-27-7-4-23(5-8-27)6-9-28-21-25(14-15-35-28)31(43)20-24-2-3-24/h4-5,7-8,14-15,21-22,24,26,29,42H,2-3,10-13,16-20H2,1H3,(H2,36,37,38,39). The van der Waals surface area contributed by atoms with Gasteiger partial charge in [-0.15, -0.1) is 0 Å². The fourth-order valence-corrected chi connectivity index (χ4v) is 5.58. The second kappa shape index (κ2) is 13.5. The number of aliphatic hydroxyl groups excluding tert-OH is 1. The Balaban J connectivity index is 1.14. The molecule has 10 nitrogen and oxygen atoms in total. The summed E-state index contributed by atoms with van der Waals surface area (Å²) >= 11 is 0. The van der Waals surface area contributed by atoms with Crippen molar-refractivity contribution in [2.24, 2.45) is 5.92 Å². The summed E-state index contributed by atoms with van der Waals surface area (Å²) in [7, 11) is 2.06. The van der Waals surface area contributed by atoms with E-state index in [4.69, 9.17) is 4.98 Å². The summed E-state index contributed by atoms with van der Waals surface area (Å²) in [6.07, 6.45) is 8.96. The van der Waals surface area contributed by atoms with E-state index in [-0.39, 0.29) is 23.8 Å². The Kier molecular flexibility index (Phi) is 9.15. The van der Waals surface area contributed by atoms with Crippen molar-refractivity contribution in [2.75, 3.05) is 43.9 Å². The number of piperazine rings is 1. The lowest BCUT2D eigenvalue weighted by Crippen LogP contribution is -2.47. The normalized spacial score (nSPS) is 20.4. The Bertz CT molecular complexity index is 1550. The third kappa shape index (κ3) is 7.78. The van der Waals surface area contributed by atoms with E-state index in [9.17, 15) is 14.7 Å². The first kappa shape index (κ1) is 29.7. The number of rotatable bonds is 8. The first-order chi connectivity index (χ1) is 21.4. The molecule has 0 spiro atoms. The van der Waals surface area contributed by atoms with E-state index in [2.05, 4.69) is 44.4 Å². The summed E-state index contributed by atoms with van der Waals surface area (Å²) in [5, 5.41) is 16.7. The Morgan fingerprint density at radius 1 is 0.955 bits per heavy atom. The molecule has 0 unspecified atom stereocenters. The van der Waals surface area contributed by atoms with Crippen molar-refractivity contribution in [3.8, 4) is 11.8 Å². The van der Waals surface area contributed by atoms with Crippen LogP contribution in [-0.2, 0) is 0 Å². The van der Waals surface area contributed by atoms with Crippen molar-refractivity contribution in [1.29, 1.82) is 0 Å². The van der Waals surface area contributed by atoms with E-state index in [1.807, 2.05) is 29.2 Å². The number of pyridine rings is 1. The predicted octanol–water partition coefficient (Wildman–Crippen LogP) is 4.10. The van der Waals surface area contributed by atoms with Gasteiger partial charge in [-0.2, -0.15) is 4.98 Å². The van der Waals surface area contributed by atoms with Gasteiger partial charge in [0.25, 0.3) is 5.91 Å². The van der Waals surface area contributed by atoms with Crippen LogP contribution in [0.4, 0.5) is 17.5 Å². The molecule has 228 valence electrons. The number of nitrogens with one attached hydrogen (secondary N) is 2. The van der Waals surface area contributed by atoms with E-state index in [0.717, 1.165) is 62.9 Å². The lowest BCUT2D eigenvalue weighted by Gasteiger charge is -2.33. The van der Waals surface area contributed by atoms with Gasteiger partial charge in [-0.25, -0.2) is 9.97 Å². The maximum absolute atomic E-state index is 13.5. The number of carbonyl (C=O) groups excluding carboxylic acids is 2. The molecule has 2 aromatic heterocycles. The topological polar surface area (TPSA) is 124 Å². The number of aromatic nitrogens is 3. The molecule has 0 bridgehead atoms. The van der Waals surface area contributed by atoms with Gasteiger partial charge in [0.2, 0.25) is 5.95 Å². The molecule has 1 aliphatic heterocycles. The van der Waals surface area contributed by atoms with Gasteiger partial charge in [0.1, 0.15) is 17.1 Å². The summed E-state index contributed by atoms with van der Waals surface area (Å²) < 4.78 is 0. The van der Waals surface area contributed by atoms with Gasteiger partial charge in [0.15, 0.2) is 5.78 Å². The summed E-state index contributed by atoms with van der Waals surface area (Å²) in [4.78, 5) is 43.5. The third-order valence-electron chi connectivity index (χ3n) is 8.58. The molecule has 44 heavy (non-hydrogen) atoms. The smallest absolute Gasteiger partial charge is 0.259 e. The average Bonchev–Trinajstić information content (AvgIpc) is 3.86. The molecule has 3 heterocycles.